The summed E-state index contributed by atoms with van der Waals surface area (Å²) >= 11 is 6.05. The van der Waals surface area contributed by atoms with Gasteiger partial charge in [-0.2, -0.15) is 0 Å². The zero-order valence-corrected chi connectivity index (χ0v) is 12.4. The minimum absolute atomic E-state index is 0.157. The standard InChI is InChI=1S/C15H15ClF2N2O/c1-9(2)19-8-13-11(16)4-6-15(20-13)21-14-7-10(17)3-5-12(14)18/h3-7,9,19H,8H2,1-2H3. The van der Waals surface area contributed by atoms with Gasteiger partial charge in [0.05, 0.1) is 10.7 Å². The number of hydrogen-bond donors (Lipinski definition) is 1. The maximum absolute atomic E-state index is 13.5. The Kier molecular flexibility index (Phi) is 5.09. The van der Waals surface area contributed by atoms with Crippen LogP contribution in [0.2, 0.25) is 5.02 Å². The maximum Gasteiger partial charge on any atom is 0.219 e. The molecule has 0 saturated heterocycles. The molecule has 2 aromatic rings. The maximum atomic E-state index is 13.5. The second kappa shape index (κ2) is 6.83. The number of halogens is 3. The van der Waals surface area contributed by atoms with E-state index in [2.05, 4.69) is 10.3 Å². The van der Waals surface area contributed by atoms with Gasteiger partial charge in [0, 0.05) is 24.7 Å². The highest BCUT2D eigenvalue weighted by Crippen LogP contribution is 2.26. The first-order valence-electron chi connectivity index (χ1n) is 6.47. The van der Waals surface area contributed by atoms with E-state index in [0.29, 0.717) is 17.3 Å². The average molecular weight is 313 g/mol. The Bertz CT molecular complexity index is 635. The number of nitrogens with one attached hydrogen (secondary N) is 1. The molecular formula is C15H15ClF2N2O. The molecule has 0 aliphatic heterocycles. The summed E-state index contributed by atoms with van der Waals surface area (Å²) < 4.78 is 31.9. The summed E-state index contributed by atoms with van der Waals surface area (Å²) in [6.07, 6.45) is 0. The molecule has 0 atom stereocenters. The third-order valence-electron chi connectivity index (χ3n) is 2.68. The fraction of sp³-hybridized carbons (Fsp3) is 0.267. The van der Waals surface area contributed by atoms with Gasteiger partial charge in [-0.3, -0.25) is 0 Å². The molecular weight excluding hydrogens is 298 g/mol. The molecule has 6 heteroatoms. The number of aromatic nitrogens is 1. The van der Waals surface area contributed by atoms with Gasteiger partial charge < -0.3 is 10.1 Å². The Morgan fingerprint density at radius 3 is 2.71 bits per heavy atom. The predicted octanol–water partition coefficient (Wildman–Crippen LogP) is 4.30. The first kappa shape index (κ1) is 15.7. The second-order valence-corrected chi connectivity index (χ2v) is 5.20. The van der Waals surface area contributed by atoms with E-state index in [1.807, 2.05) is 13.8 Å². The van der Waals surface area contributed by atoms with E-state index in [-0.39, 0.29) is 17.7 Å². The molecule has 0 amide bonds. The first-order valence-corrected chi connectivity index (χ1v) is 6.85. The van der Waals surface area contributed by atoms with Crippen LogP contribution in [-0.4, -0.2) is 11.0 Å². The van der Waals surface area contributed by atoms with Crippen molar-refractivity contribution in [1.29, 1.82) is 0 Å². The van der Waals surface area contributed by atoms with Crippen molar-refractivity contribution >= 4 is 11.6 Å². The van der Waals surface area contributed by atoms with Gasteiger partial charge >= 0.3 is 0 Å². The molecule has 0 fully saturated rings. The van der Waals surface area contributed by atoms with Crippen molar-refractivity contribution in [3.05, 3.63) is 52.7 Å². The van der Waals surface area contributed by atoms with Crippen molar-refractivity contribution in [2.24, 2.45) is 0 Å². The van der Waals surface area contributed by atoms with Crippen LogP contribution in [0, 0.1) is 11.6 Å². The van der Waals surface area contributed by atoms with Crippen molar-refractivity contribution in [3.8, 4) is 11.6 Å². The molecule has 0 aliphatic carbocycles. The fourth-order valence-corrected chi connectivity index (χ4v) is 1.79. The lowest BCUT2D eigenvalue weighted by Gasteiger charge is -2.11. The summed E-state index contributed by atoms with van der Waals surface area (Å²) in [5, 5.41) is 3.66. The van der Waals surface area contributed by atoms with Crippen LogP contribution in [0.25, 0.3) is 0 Å². The van der Waals surface area contributed by atoms with E-state index in [1.54, 1.807) is 6.07 Å². The molecule has 0 unspecified atom stereocenters. The lowest BCUT2D eigenvalue weighted by Crippen LogP contribution is -2.22. The zero-order chi connectivity index (χ0) is 15.4. The molecule has 0 bridgehead atoms. The van der Waals surface area contributed by atoms with Crippen LogP contribution in [0.5, 0.6) is 11.6 Å². The minimum atomic E-state index is -0.657. The van der Waals surface area contributed by atoms with Crippen molar-refractivity contribution in [3.63, 3.8) is 0 Å². The lowest BCUT2D eigenvalue weighted by molar-refractivity contribution is 0.420. The number of rotatable bonds is 5. The van der Waals surface area contributed by atoms with E-state index >= 15 is 0 Å². The van der Waals surface area contributed by atoms with Crippen molar-refractivity contribution < 1.29 is 13.5 Å². The lowest BCUT2D eigenvalue weighted by atomic mass is 10.3. The second-order valence-electron chi connectivity index (χ2n) is 4.79. The molecule has 1 aromatic heterocycles. The summed E-state index contributed by atoms with van der Waals surface area (Å²) in [6.45, 7) is 4.45. The Hall–Kier alpha value is -1.72. The van der Waals surface area contributed by atoms with Crippen LogP contribution in [0.3, 0.4) is 0 Å². The van der Waals surface area contributed by atoms with Crippen LogP contribution in [0.1, 0.15) is 19.5 Å². The van der Waals surface area contributed by atoms with Crippen LogP contribution < -0.4 is 10.1 Å². The van der Waals surface area contributed by atoms with Gasteiger partial charge in [-0.05, 0) is 18.2 Å². The number of ether oxygens (including phenoxy) is 1. The number of pyridine rings is 1. The van der Waals surface area contributed by atoms with Crippen molar-refractivity contribution in [1.82, 2.24) is 10.3 Å². The Labute approximate surface area is 126 Å². The Morgan fingerprint density at radius 1 is 1.24 bits per heavy atom. The highest BCUT2D eigenvalue weighted by Gasteiger charge is 2.10. The number of hydrogen-bond acceptors (Lipinski definition) is 3. The van der Waals surface area contributed by atoms with Gasteiger partial charge in [0.25, 0.3) is 0 Å². The number of nitrogens with zero attached hydrogens (tertiary/aromatic N) is 1. The molecule has 0 aliphatic rings. The first-order chi connectivity index (χ1) is 9.95. The van der Waals surface area contributed by atoms with E-state index in [1.165, 1.54) is 6.07 Å². The van der Waals surface area contributed by atoms with Crippen LogP contribution in [0.15, 0.2) is 30.3 Å². The minimum Gasteiger partial charge on any atom is -0.436 e. The highest BCUT2D eigenvalue weighted by atomic mass is 35.5. The largest absolute Gasteiger partial charge is 0.436 e. The summed E-state index contributed by atoms with van der Waals surface area (Å²) in [6, 6.07) is 6.38. The Morgan fingerprint density at radius 2 is 2.00 bits per heavy atom. The van der Waals surface area contributed by atoms with Crippen LogP contribution in [-0.2, 0) is 6.54 Å². The zero-order valence-electron chi connectivity index (χ0n) is 11.7. The monoisotopic (exact) mass is 312 g/mol. The summed E-state index contributed by atoms with van der Waals surface area (Å²) in [7, 11) is 0. The summed E-state index contributed by atoms with van der Waals surface area (Å²) in [4.78, 5) is 4.20. The molecule has 3 nitrogen and oxygen atoms in total. The summed E-state index contributed by atoms with van der Waals surface area (Å²) in [5.41, 5.74) is 0.583. The van der Waals surface area contributed by atoms with Gasteiger partial charge in [0.15, 0.2) is 11.6 Å². The van der Waals surface area contributed by atoms with Gasteiger partial charge in [-0.15, -0.1) is 0 Å². The van der Waals surface area contributed by atoms with Gasteiger partial charge in [0.2, 0.25) is 5.88 Å². The Balaban J connectivity index is 2.20. The third-order valence-corrected chi connectivity index (χ3v) is 3.02. The summed E-state index contributed by atoms with van der Waals surface area (Å²) in [5.74, 6) is -1.30. The van der Waals surface area contributed by atoms with Crippen LogP contribution >= 0.6 is 11.6 Å². The average Bonchev–Trinajstić information content (AvgIpc) is 2.43. The fourth-order valence-electron chi connectivity index (χ4n) is 1.61. The van der Waals surface area contributed by atoms with E-state index in [4.69, 9.17) is 16.3 Å². The van der Waals surface area contributed by atoms with E-state index in [9.17, 15) is 8.78 Å². The smallest absolute Gasteiger partial charge is 0.219 e. The van der Waals surface area contributed by atoms with Gasteiger partial charge in [-0.1, -0.05) is 25.4 Å². The van der Waals surface area contributed by atoms with Crippen LogP contribution in [0.4, 0.5) is 8.78 Å². The van der Waals surface area contributed by atoms with E-state index < -0.39 is 11.6 Å². The molecule has 112 valence electrons. The van der Waals surface area contributed by atoms with Gasteiger partial charge in [-0.25, -0.2) is 13.8 Å². The molecule has 2 rings (SSSR count). The quantitative estimate of drug-likeness (QED) is 0.893. The molecule has 1 heterocycles. The molecule has 0 radical (unpaired) electrons. The van der Waals surface area contributed by atoms with Gasteiger partial charge in [0.1, 0.15) is 5.82 Å². The molecule has 1 aromatic carbocycles. The molecule has 1 N–H and O–H groups in total. The van der Waals surface area contributed by atoms with Crippen molar-refractivity contribution in [2.45, 2.75) is 26.4 Å². The topological polar surface area (TPSA) is 34.2 Å². The predicted molar refractivity (Wildman–Crippen MR) is 77.7 cm³/mol. The highest BCUT2D eigenvalue weighted by molar-refractivity contribution is 6.31. The number of benzene rings is 1. The molecule has 0 saturated carbocycles. The van der Waals surface area contributed by atoms with Crippen molar-refractivity contribution in [2.75, 3.05) is 0 Å². The third kappa shape index (κ3) is 4.37. The van der Waals surface area contributed by atoms with E-state index in [0.717, 1.165) is 18.2 Å². The normalized spacial score (nSPS) is 11.0. The SMILES string of the molecule is CC(C)NCc1nc(Oc2cc(F)ccc2F)ccc1Cl. The molecule has 21 heavy (non-hydrogen) atoms. The molecule has 0 spiro atoms.